The van der Waals surface area contributed by atoms with Crippen LogP contribution in [0, 0.1) is 35.5 Å². The molecule has 0 saturated carbocycles. The van der Waals surface area contributed by atoms with Gasteiger partial charge in [-0.2, -0.15) is 0 Å². The van der Waals surface area contributed by atoms with Gasteiger partial charge in [0.15, 0.2) is 0 Å². The Morgan fingerprint density at radius 3 is 1.46 bits per heavy atom. The lowest BCUT2D eigenvalue weighted by atomic mass is 9.89. The highest BCUT2D eigenvalue weighted by atomic mass is 16.5. The van der Waals surface area contributed by atoms with Crippen molar-refractivity contribution in [3.63, 3.8) is 0 Å². The van der Waals surface area contributed by atoms with Crippen molar-refractivity contribution in [2.24, 2.45) is 41.2 Å². The van der Waals surface area contributed by atoms with Crippen molar-refractivity contribution in [3.8, 4) is 0 Å². The molecule has 1 aliphatic rings. The fraction of sp³-hybridized carbons (Fsp3) is 0.818. The van der Waals surface area contributed by atoms with Crippen LogP contribution in [0.2, 0.25) is 0 Å². The van der Waals surface area contributed by atoms with E-state index in [9.17, 15) is 43.5 Å². The standard InChI is InChI=1S/C66H120N12O14/c1-25-46-61(86)72(18)36-51(80)73(19)50(35-66(16,17)91)58(83)71-52(40(8)9)64(89)74(20)47(32-37(2)3)57(82)68-43(13)56(81)69-44(14)60(85)75(21)48(33-38(4)5)62(87)76(22)49(34-39(6)7)63(88)77(23)53(41(10)11)65(90)78(24)54(59(84)70-46)55(92-45(15)79)42(12)30-28-26-27-29-31-67/h37-44,46-50,52-55,91H,25-36,67H2,1-24H3,(H,68,82)(H,69,81)(H,70,84)(H,71,83)/t42-,43-,44+,46+,47-,48+,49+,50+,52-,53+,54+,55-/m1/s1. The molecule has 0 aromatic rings. The molecule has 11 amide bonds. The van der Waals surface area contributed by atoms with Gasteiger partial charge in [0.2, 0.25) is 65.0 Å². The van der Waals surface area contributed by atoms with Crippen LogP contribution in [-0.4, -0.2) is 245 Å². The van der Waals surface area contributed by atoms with Crippen LogP contribution in [0.1, 0.15) is 182 Å². The topological polar surface area (TPSA) is 331 Å². The molecule has 0 spiro atoms. The number of esters is 1. The minimum Gasteiger partial charge on any atom is -0.460 e. The van der Waals surface area contributed by atoms with Crippen molar-refractivity contribution < 1.29 is 67.4 Å². The summed E-state index contributed by atoms with van der Waals surface area (Å²) in [6.45, 7) is 28.0. The summed E-state index contributed by atoms with van der Waals surface area (Å²) >= 11 is 0. The van der Waals surface area contributed by atoms with Crippen molar-refractivity contribution >= 4 is 70.9 Å². The lowest BCUT2D eigenvalue weighted by Gasteiger charge is -2.42. The maximum atomic E-state index is 15.5. The molecule has 26 heteroatoms. The lowest BCUT2D eigenvalue weighted by Crippen LogP contribution is -2.64. The number of ether oxygens (including phenoxy) is 1. The molecule has 92 heavy (non-hydrogen) atoms. The number of unbranched alkanes of at least 4 members (excludes halogenated alkanes) is 3. The predicted octanol–water partition coefficient (Wildman–Crippen LogP) is 2.90. The van der Waals surface area contributed by atoms with Gasteiger partial charge in [0, 0.05) is 62.7 Å². The Hall–Kier alpha value is -6.44. The highest BCUT2D eigenvalue weighted by molar-refractivity contribution is 5.99. The second-order valence-electron chi connectivity index (χ2n) is 28.2. The molecule has 0 unspecified atom stereocenters. The number of nitrogens with two attached hydrogens (primary N) is 1. The van der Waals surface area contributed by atoms with Gasteiger partial charge in [-0.3, -0.25) is 57.5 Å². The van der Waals surface area contributed by atoms with E-state index in [0.717, 1.165) is 34.0 Å². The number of rotatable bonds is 20. The van der Waals surface area contributed by atoms with E-state index in [1.807, 2.05) is 41.5 Å². The number of hydrogen-bond donors (Lipinski definition) is 6. The molecule has 1 aliphatic heterocycles. The number of carbonyl (C=O) groups is 12. The fourth-order valence-electron chi connectivity index (χ4n) is 11.7. The van der Waals surface area contributed by atoms with Crippen LogP contribution < -0.4 is 27.0 Å². The average molecular weight is 1310 g/mol. The second kappa shape index (κ2) is 38.1. The van der Waals surface area contributed by atoms with Crippen LogP contribution >= 0.6 is 0 Å². The third-order valence-electron chi connectivity index (χ3n) is 17.2. The van der Waals surface area contributed by atoms with Gasteiger partial charge in [0.25, 0.3) is 0 Å². The van der Waals surface area contributed by atoms with E-state index in [-0.39, 0.29) is 49.9 Å². The average Bonchev–Trinajstić information content (AvgIpc) is 0.816. The Bertz CT molecular complexity index is 2500. The Morgan fingerprint density at radius 2 is 0.989 bits per heavy atom. The maximum absolute atomic E-state index is 15.5. The molecular weight excluding hydrogens is 1180 g/mol. The zero-order valence-electron chi connectivity index (χ0n) is 60.3. The van der Waals surface area contributed by atoms with Crippen LogP contribution in [0.25, 0.3) is 0 Å². The molecule has 0 bridgehead atoms. The summed E-state index contributed by atoms with van der Waals surface area (Å²) < 4.78 is 6.01. The second-order valence-corrected chi connectivity index (χ2v) is 28.2. The zero-order valence-corrected chi connectivity index (χ0v) is 60.3. The number of aliphatic hydroxyl groups is 1. The van der Waals surface area contributed by atoms with Gasteiger partial charge in [-0.1, -0.05) is 102 Å². The van der Waals surface area contributed by atoms with E-state index in [1.54, 1.807) is 41.5 Å². The van der Waals surface area contributed by atoms with Crippen molar-refractivity contribution in [2.45, 2.75) is 254 Å². The first-order valence-electron chi connectivity index (χ1n) is 33.1. The smallest absolute Gasteiger partial charge is 0.303 e. The van der Waals surface area contributed by atoms with E-state index in [4.69, 9.17) is 10.5 Å². The van der Waals surface area contributed by atoms with Crippen molar-refractivity contribution in [1.82, 2.24) is 55.6 Å². The van der Waals surface area contributed by atoms with E-state index >= 15 is 19.2 Å². The lowest BCUT2D eigenvalue weighted by molar-refractivity contribution is -0.164. The first kappa shape index (κ1) is 83.6. The van der Waals surface area contributed by atoms with Gasteiger partial charge in [-0.15, -0.1) is 0 Å². The van der Waals surface area contributed by atoms with Crippen LogP contribution in [0.3, 0.4) is 0 Å². The number of likely N-dealkylation sites (N-methyl/N-ethyl adjacent to an activating group) is 7. The highest BCUT2D eigenvalue weighted by Crippen LogP contribution is 2.28. The third-order valence-corrected chi connectivity index (χ3v) is 17.2. The molecule has 0 radical (unpaired) electrons. The maximum Gasteiger partial charge on any atom is 0.303 e. The predicted molar refractivity (Wildman–Crippen MR) is 352 cm³/mol. The van der Waals surface area contributed by atoms with E-state index in [2.05, 4.69) is 21.3 Å². The molecule has 7 N–H and O–H groups in total. The summed E-state index contributed by atoms with van der Waals surface area (Å²) in [6, 6.07) is -13.1. The van der Waals surface area contributed by atoms with E-state index in [1.165, 1.54) is 104 Å². The van der Waals surface area contributed by atoms with Gasteiger partial charge in [0.1, 0.15) is 66.5 Å². The molecule has 0 aliphatic carbocycles. The van der Waals surface area contributed by atoms with Crippen LogP contribution in [0.4, 0.5) is 0 Å². The van der Waals surface area contributed by atoms with Crippen molar-refractivity contribution in [2.75, 3.05) is 62.4 Å². The Labute approximate surface area is 549 Å². The molecule has 1 heterocycles. The molecule has 0 aromatic carbocycles. The van der Waals surface area contributed by atoms with Crippen molar-refractivity contribution in [1.29, 1.82) is 0 Å². The van der Waals surface area contributed by atoms with Gasteiger partial charge >= 0.3 is 5.97 Å². The summed E-state index contributed by atoms with van der Waals surface area (Å²) in [5, 5.41) is 22.1. The monoisotopic (exact) mass is 1300 g/mol. The van der Waals surface area contributed by atoms with Crippen LogP contribution in [0.5, 0.6) is 0 Å². The molecule has 1 saturated heterocycles. The quantitative estimate of drug-likeness (QED) is 0.0754. The number of amides is 11. The minimum atomic E-state index is -1.62. The molecular formula is C66H120N12O14. The molecule has 12 atom stereocenters. The number of nitrogens with one attached hydrogen (secondary N) is 4. The number of carbonyl (C=O) groups excluding carboxylic acids is 12. The molecule has 528 valence electrons. The Morgan fingerprint density at radius 1 is 0.533 bits per heavy atom. The summed E-state index contributed by atoms with van der Waals surface area (Å²) in [5.74, 6) is -11.1. The van der Waals surface area contributed by atoms with Crippen LogP contribution in [0.15, 0.2) is 0 Å². The van der Waals surface area contributed by atoms with E-state index in [0.29, 0.717) is 19.4 Å². The number of nitrogens with zero attached hydrogens (tertiary/aromatic N) is 7. The largest absolute Gasteiger partial charge is 0.460 e. The zero-order chi connectivity index (χ0) is 71.3. The van der Waals surface area contributed by atoms with Gasteiger partial charge in [-0.25, -0.2) is 0 Å². The van der Waals surface area contributed by atoms with Crippen LogP contribution in [-0.2, 0) is 62.3 Å². The first-order valence-corrected chi connectivity index (χ1v) is 33.1. The molecule has 0 aromatic heterocycles. The summed E-state index contributed by atoms with van der Waals surface area (Å²) in [6.07, 6.45) is 2.14. The minimum absolute atomic E-state index is 0.0366. The normalized spacial score (nSPS) is 25.7. The molecule has 1 rings (SSSR count). The molecule has 1 fully saturated rings. The van der Waals surface area contributed by atoms with Gasteiger partial charge in [0.05, 0.1) is 12.1 Å². The Balaban J connectivity index is 4.48. The SMILES string of the molecule is CC[C@@H]1NC(=O)[C@H]([C@H](OC(C)=O)[C@H](C)CCCCCCN)N(C)C(=O)[C@H](C(C)C)N(C)C(=O)[C@H](CC(C)C)N(C)C(=O)[C@H](CC(C)C)N(C)C(=O)[C@H](C)NC(=O)[C@@H](C)NC(=O)[C@@H](CC(C)C)N(C)C(=O)[C@@H](C(C)C)NC(=O)[C@H](CC(C)(C)O)N(C)C(=O)CN(C)C1=O. The summed E-state index contributed by atoms with van der Waals surface area (Å²) in [5.41, 5.74) is 4.21. The van der Waals surface area contributed by atoms with Gasteiger partial charge < -0.3 is 71.1 Å². The fourth-order valence-corrected chi connectivity index (χ4v) is 11.7. The van der Waals surface area contributed by atoms with Crippen molar-refractivity contribution in [3.05, 3.63) is 0 Å². The van der Waals surface area contributed by atoms with E-state index < -0.39 is 167 Å². The highest BCUT2D eigenvalue weighted by Gasteiger charge is 2.47. The summed E-state index contributed by atoms with van der Waals surface area (Å²) in [4.78, 5) is 183. The summed E-state index contributed by atoms with van der Waals surface area (Å²) in [7, 11) is 9.69. The Kier molecular flexibility index (Phi) is 34.6. The molecule has 26 nitrogen and oxygen atoms in total. The number of hydrogen-bond acceptors (Lipinski definition) is 15. The first-order chi connectivity index (χ1) is 42.4. The van der Waals surface area contributed by atoms with Gasteiger partial charge in [-0.05, 0) is 108 Å². The third kappa shape index (κ3) is 24.8.